The minimum atomic E-state index is 0.132. The third-order valence-electron chi connectivity index (χ3n) is 2.85. The largest absolute Gasteiger partial charge is 0.392 e. The standard InChI is InChI=1S/C11H15BrO/c1-6-8(3)11(12)9(4)7(2)10(6)5-13/h13H,5H2,1-4H3. The van der Waals surface area contributed by atoms with Crippen LogP contribution in [-0.2, 0) is 6.61 Å². The van der Waals surface area contributed by atoms with E-state index in [1.165, 1.54) is 26.7 Å². The lowest BCUT2D eigenvalue weighted by atomic mass is 9.95. The van der Waals surface area contributed by atoms with Gasteiger partial charge in [0, 0.05) is 4.47 Å². The van der Waals surface area contributed by atoms with Gasteiger partial charge in [0.15, 0.2) is 0 Å². The topological polar surface area (TPSA) is 20.2 Å². The number of hydrogen-bond acceptors (Lipinski definition) is 1. The van der Waals surface area contributed by atoms with Crippen LogP contribution in [0.3, 0.4) is 0 Å². The van der Waals surface area contributed by atoms with Crippen LogP contribution in [0.15, 0.2) is 4.47 Å². The first-order valence-electron chi connectivity index (χ1n) is 4.36. The predicted molar refractivity (Wildman–Crippen MR) is 59.0 cm³/mol. The van der Waals surface area contributed by atoms with E-state index in [2.05, 4.69) is 43.6 Å². The third-order valence-corrected chi connectivity index (χ3v) is 4.04. The van der Waals surface area contributed by atoms with Crippen molar-refractivity contribution >= 4 is 15.9 Å². The fourth-order valence-electron chi connectivity index (χ4n) is 1.58. The summed E-state index contributed by atoms with van der Waals surface area (Å²) < 4.78 is 1.17. The maximum absolute atomic E-state index is 9.22. The van der Waals surface area contributed by atoms with E-state index in [0.717, 1.165) is 5.56 Å². The molecule has 1 aromatic rings. The molecular formula is C11H15BrO. The molecule has 0 atom stereocenters. The van der Waals surface area contributed by atoms with Crippen LogP contribution in [0.25, 0.3) is 0 Å². The number of halogens is 1. The van der Waals surface area contributed by atoms with E-state index in [4.69, 9.17) is 0 Å². The SMILES string of the molecule is Cc1c(C)c(CO)c(C)c(C)c1Br. The average Bonchev–Trinajstić information content (AvgIpc) is 2.13. The highest BCUT2D eigenvalue weighted by atomic mass is 79.9. The molecule has 1 rings (SSSR count). The molecule has 0 saturated carbocycles. The molecule has 0 radical (unpaired) electrons. The van der Waals surface area contributed by atoms with Gasteiger partial charge in [0.2, 0.25) is 0 Å². The summed E-state index contributed by atoms with van der Waals surface area (Å²) in [5.41, 5.74) is 5.91. The summed E-state index contributed by atoms with van der Waals surface area (Å²) in [5.74, 6) is 0. The van der Waals surface area contributed by atoms with E-state index in [1.54, 1.807) is 0 Å². The van der Waals surface area contributed by atoms with Gasteiger partial charge < -0.3 is 5.11 Å². The third kappa shape index (κ3) is 1.65. The van der Waals surface area contributed by atoms with Crippen LogP contribution in [0.4, 0.5) is 0 Å². The maximum Gasteiger partial charge on any atom is 0.0687 e. The molecule has 0 bridgehead atoms. The van der Waals surface area contributed by atoms with Crippen LogP contribution in [0.2, 0.25) is 0 Å². The van der Waals surface area contributed by atoms with Gasteiger partial charge in [-0.2, -0.15) is 0 Å². The molecule has 72 valence electrons. The van der Waals surface area contributed by atoms with Gasteiger partial charge in [-0.15, -0.1) is 0 Å². The Morgan fingerprint density at radius 3 is 1.62 bits per heavy atom. The molecule has 13 heavy (non-hydrogen) atoms. The van der Waals surface area contributed by atoms with Gasteiger partial charge in [-0.05, 0) is 55.5 Å². The van der Waals surface area contributed by atoms with Crippen molar-refractivity contribution in [1.29, 1.82) is 0 Å². The van der Waals surface area contributed by atoms with Crippen LogP contribution in [-0.4, -0.2) is 5.11 Å². The second-order valence-electron chi connectivity index (χ2n) is 3.45. The molecular weight excluding hydrogens is 228 g/mol. The van der Waals surface area contributed by atoms with Gasteiger partial charge in [0.05, 0.1) is 6.61 Å². The molecule has 0 fully saturated rings. The van der Waals surface area contributed by atoms with Gasteiger partial charge in [-0.3, -0.25) is 0 Å². The molecule has 1 aromatic carbocycles. The average molecular weight is 243 g/mol. The number of aliphatic hydroxyl groups excluding tert-OH is 1. The second kappa shape index (κ2) is 3.81. The van der Waals surface area contributed by atoms with E-state index in [1.807, 2.05) is 0 Å². The van der Waals surface area contributed by atoms with E-state index in [0.29, 0.717) is 0 Å². The Balaban J connectivity index is 3.56. The molecule has 0 saturated heterocycles. The number of benzene rings is 1. The summed E-state index contributed by atoms with van der Waals surface area (Å²) in [5, 5.41) is 9.22. The molecule has 0 aliphatic rings. The molecule has 2 heteroatoms. The van der Waals surface area contributed by atoms with Crippen molar-refractivity contribution in [3.05, 3.63) is 32.3 Å². The monoisotopic (exact) mass is 242 g/mol. The lowest BCUT2D eigenvalue weighted by Gasteiger charge is -2.15. The molecule has 0 amide bonds. The van der Waals surface area contributed by atoms with E-state index in [-0.39, 0.29) is 6.61 Å². The zero-order valence-corrected chi connectivity index (χ0v) is 10.1. The lowest BCUT2D eigenvalue weighted by molar-refractivity contribution is 0.280. The van der Waals surface area contributed by atoms with Crippen molar-refractivity contribution in [1.82, 2.24) is 0 Å². The molecule has 0 spiro atoms. The normalized spacial score (nSPS) is 10.6. The first-order valence-corrected chi connectivity index (χ1v) is 5.15. The van der Waals surface area contributed by atoms with Crippen LogP contribution < -0.4 is 0 Å². The summed E-state index contributed by atoms with van der Waals surface area (Å²) in [7, 11) is 0. The zero-order chi connectivity index (χ0) is 10.2. The van der Waals surface area contributed by atoms with Crippen molar-refractivity contribution in [2.24, 2.45) is 0 Å². The Kier molecular flexibility index (Phi) is 3.14. The highest BCUT2D eigenvalue weighted by molar-refractivity contribution is 9.10. The predicted octanol–water partition coefficient (Wildman–Crippen LogP) is 3.18. The summed E-state index contributed by atoms with van der Waals surface area (Å²) in [4.78, 5) is 0. The van der Waals surface area contributed by atoms with Crippen LogP contribution >= 0.6 is 15.9 Å². The fourth-order valence-corrected chi connectivity index (χ4v) is 2.18. The summed E-state index contributed by atoms with van der Waals surface area (Å²) >= 11 is 3.56. The smallest absolute Gasteiger partial charge is 0.0687 e. The maximum atomic E-state index is 9.22. The highest BCUT2D eigenvalue weighted by Crippen LogP contribution is 2.30. The molecule has 1 N–H and O–H groups in total. The van der Waals surface area contributed by atoms with Gasteiger partial charge in [0.1, 0.15) is 0 Å². The van der Waals surface area contributed by atoms with Crippen LogP contribution in [0.1, 0.15) is 27.8 Å². The van der Waals surface area contributed by atoms with Gasteiger partial charge in [0.25, 0.3) is 0 Å². The Labute approximate surface area is 87.9 Å². The fraction of sp³-hybridized carbons (Fsp3) is 0.455. The molecule has 0 aliphatic carbocycles. The zero-order valence-electron chi connectivity index (χ0n) is 8.53. The second-order valence-corrected chi connectivity index (χ2v) is 4.24. The Hall–Kier alpha value is -0.340. The van der Waals surface area contributed by atoms with Crippen molar-refractivity contribution in [2.45, 2.75) is 34.3 Å². The van der Waals surface area contributed by atoms with E-state index < -0.39 is 0 Å². The van der Waals surface area contributed by atoms with Crippen molar-refractivity contribution < 1.29 is 5.11 Å². The number of aliphatic hydroxyl groups is 1. The Bertz CT molecular complexity index is 313. The quantitative estimate of drug-likeness (QED) is 0.803. The summed E-state index contributed by atoms with van der Waals surface area (Å²) in [6, 6.07) is 0. The molecule has 0 aliphatic heterocycles. The van der Waals surface area contributed by atoms with E-state index >= 15 is 0 Å². The molecule has 0 aromatic heterocycles. The minimum absolute atomic E-state index is 0.132. The van der Waals surface area contributed by atoms with Crippen molar-refractivity contribution in [3.63, 3.8) is 0 Å². The highest BCUT2D eigenvalue weighted by Gasteiger charge is 2.11. The van der Waals surface area contributed by atoms with Crippen LogP contribution in [0.5, 0.6) is 0 Å². The lowest BCUT2D eigenvalue weighted by Crippen LogP contribution is -2.00. The summed E-state index contributed by atoms with van der Waals surface area (Å²) in [6.07, 6.45) is 0. The van der Waals surface area contributed by atoms with Crippen molar-refractivity contribution in [3.8, 4) is 0 Å². The van der Waals surface area contributed by atoms with E-state index in [9.17, 15) is 5.11 Å². The number of hydrogen-bond donors (Lipinski definition) is 1. The first kappa shape index (κ1) is 10.7. The van der Waals surface area contributed by atoms with Gasteiger partial charge in [-0.1, -0.05) is 15.9 Å². The first-order chi connectivity index (χ1) is 6.00. The summed E-state index contributed by atoms with van der Waals surface area (Å²) in [6.45, 7) is 8.39. The molecule has 0 heterocycles. The van der Waals surface area contributed by atoms with Gasteiger partial charge in [-0.25, -0.2) is 0 Å². The Morgan fingerprint density at radius 2 is 1.31 bits per heavy atom. The minimum Gasteiger partial charge on any atom is -0.392 e. The van der Waals surface area contributed by atoms with Crippen molar-refractivity contribution in [2.75, 3.05) is 0 Å². The molecule has 1 nitrogen and oxygen atoms in total. The molecule has 0 unspecified atom stereocenters. The number of rotatable bonds is 1. The Morgan fingerprint density at radius 1 is 0.923 bits per heavy atom. The van der Waals surface area contributed by atoms with Gasteiger partial charge >= 0.3 is 0 Å². The van der Waals surface area contributed by atoms with Crippen LogP contribution in [0, 0.1) is 27.7 Å².